The van der Waals surface area contributed by atoms with Crippen LogP contribution in [-0.4, -0.2) is 5.54 Å². The number of halogens is 1. The summed E-state index contributed by atoms with van der Waals surface area (Å²) in [5.74, 6) is 0.551. The van der Waals surface area contributed by atoms with E-state index in [2.05, 4.69) is 32.2 Å². The molecule has 1 N–H and O–H groups in total. The standard InChI is InChI=1S/C16H21ClN2/c1-12-8-15(2,3)10-16(9-12,11-18)19-14-6-4-5-13(17)7-14/h4-7,12,19H,8-10H2,1-3H3. The average Bonchev–Trinajstić information content (AvgIpc) is 2.26. The van der Waals surface area contributed by atoms with E-state index in [4.69, 9.17) is 11.6 Å². The van der Waals surface area contributed by atoms with Gasteiger partial charge in [0.05, 0.1) is 6.07 Å². The van der Waals surface area contributed by atoms with E-state index in [-0.39, 0.29) is 5.41 Å². The summed E-state index contributed by atoms with van der Waals surface area (Å²) in [4.78, 5) is 0. The molecule has 0 aromatic heterocycles. The minimum absolute atomic E-state index is 0.193. The highest BCUT2D eigenvalue weighted by Crippen LogP contribution is 2.45. The van der Waals surface area contributed by atoms with Crippen molar-refractivity contribution in [2.45, 2.75) is 45.6 Å². The van der Waals surface area contributed by atoms with Crippen molar-refractivity contribution < 1.29 is 0 Å². The highest BCUT2D eigenvalue weighted by atomic mass is 35.5. The van der Waals surface area contributed by atoms with Crippen LogP contribution in [0.5, 0.6) is 0 Å². The summed E-state index contributed by atoms with van der Waals surface area (Å²) in [5, 5.41) is 13.8. The van der Waals surface area contributed by atoms with Gasteiger partial charge in [0.1, 0.15) is 5.54 Å². The van der Waals surface area contributed by atoms with Gasteiger partial charge in [0.25, 0.3) is 0 Å². The average molecular weight is 277 g/mol. The molecule has 1 aromatic carbocycles. The molecular formula is C16H21ClN2. The molecule has 1 saturated carbocycles. The van der Waals surface area contributed by atoms with Gasteiger partial charge in [-0.05, 0) is 48.8 Å². The quantitative estimate of drug-likeness (QED) is 0.837. The number of hydrogen-bond donors (Lipinski definition) is 1. The first kappa shape index (κ1) is 14.2. The summed E-state index contributed by atoms with van der Waals surface area (Å²) in [6.07, 6.45) is 2.93. The lowest BCUT2D eigenvalue weighted by Crippen LogP contribution is -2.46. The van der Waals surface area contributed by atoms with E-state index in [1.165, 1.54) is 6.42 Å². The molecular weight excluding hydrogens is 256 g/mol. The minimum Gasteiger partial charge on any atom is -0.367 e. The largest absolute Gasteiger partial charge is 0.367 e. The summed E-state index contributed by atoms with van der Waals surface area (Å²) in [6.45, 7) is 6.72. The zero-order valence-corrected chi connectivity index (χ0v) is 12.6. The van der Waals surface area contributed by atoms with Crippen LogP contribution in [0.3, 0.4) is 0 Å². The third kappa shape index (κ3) is 3.42. The van der Waals surface area contributed by atoms with E-state index in [1.54, 1.807) is 0 Å². The Hall–Kier alpha value is -1.20. The van der Waals surface area contributed by atoms with Crippen molar-refractivity contribution in [3.63, 3.8) is 0 Å². The molecule has 0 aliphatic heterocycles. The predicted molar refractivity (Wildman–Crippen MR) is 80.2 cm³/mol. The van der Waals surface area contributed by atoms with Gasteiger partial charge in [-0.1, -0.05) is 38.4 Å². The Morgan fingerprint density at radius 1 is 1.37 bits per heavy atom. The van der Waals surface area contributed by atoms with Crippen LogP contribution in [0, 0.1) is 22.7 Å². The lowest BCUT2D eigenvalue weighted by atomic mass is 9.64. The van der Waals surface area contributed by atoms with Crippen molar-refractivity contribution in [1.29, 1.82) is 5.26 Å². The molecule has 1 aliphatic rings. The number of rotatable bonds is 2. The Kier molecular flexibility index (Phi) is 3.78. The van der Waals surface area contributed by atoms with Crippen LogP contribution >= 0.6 is 11.6 Å². The summed E-state index contributed by atoms with van der Waals surface area (Å²) in [6, 6.07) is 10.1. The second kappa shape index (κ2) is 5.06. The van der Waals surface area contributed by atoms with Crippen LogP contribution in [0.1, 0.15) is 40.0 Å². The number of nitrogens with one attached hydrogen (secondary N) is 1. The normalized spacial score (nSPS) is 29.5. The van der Waals surface area contributed by atoms with Crippen molar-refractivity contribution in [3.05, 3.63) is 29.3 Å². The van der Waals surface area contributed by atoms with Crippen molar-refractivity contribution in [2.75, 3.05) is 5.32 Å². The fourth-order valence-electron chi connectivity index (χ4n) is 3.62. The van der Waals surface area contributed by atoms with E-state index in [9.17, 15) is 5.26 Å². The Balaban J connectivity index is 2.26. The van der Waals surface area contributed by atoms with Crippen LogP contribution in [0.25, 0.3) is 0 Å². The van der Waals surface area contributed by atoms with Crippen LogP contribution < -0.4 is 5.32 Å². The van der Waals surface area contributed by atoms with Gasteiger partial charge >= 0.3 is 0 Å². The van der Waals surface area contributed by atoms with E-state index in [0.29, 0.717) is 10.9 Å². The van der Waals surface area contributed by atoms with E-state index < -0.39 is 5.54 Å². The first-order valence-corrected chi connectivity index (χ1v) is 7.17. The minimum atomic E-state index is -0.480. The number of nitrogens with zero attached hydrogens (tertiary/aromatic N) is 1. The zero-order valence-electron chi connectivity index (χ0n) is 11.8. The molecule has 3 heteroatoms. The van der Waals surface area contributed by atoms with E-state index in [1.807, 2.05) is 24.3 Å². The molecule has 0 spiro atoms. The molecule has 2 nitrogen and oxygen atoms in total. The number of nitriles is 1. The van der Waals surface area contributed by atoms with Crippen molar-refractivity contribution in [2.24, 2.45) is 11.3 Å². The molecule has 0 saturated heterocycles. The number of hydrogen-bond acceptors (Lipinski definition) is 2. The fraction of sp³-hybridized carbons (Fsp3) is 0.562. The monoisotopic (exact) mass is 276 g/mol. The Labute approximate surface area is 120 Å². The Bertz CT molecular complexity index is 504. The van der Waals surface area contributed by atoms with Gasteiger partial charge in [-0.25, -0.2) is 0 Å². The molecule has 0 radical (unpaired) electrons. The maximum atomic E-state index is 9.68. The molecule has 1 fully saturated rings. The highest BCUT2D eigenvalue weighted by Gasteiger charge is 2.43. The molecule has 102 valence electrons. The van der Waals surface area contributed by atoms with Crippen LogP contribution in [0.2, 0.25) is 5.02 Å². The summed E-state index contributed by atoms with van der Waals surface area (Å²) in [5.41, 5.74) is 0.643. The Morgan fingerprint density at radius 3 is 2.68 bits per heavy atom. The molecule has 0 heterocycles. The van der Waals surface area contributed by atoms with Crippen molar-refractivity contribution >= 4 is 17.3 Å². The SMILES string of the molecule is CC1CC(C)(C)CC(C#N)(Nc2cccc(Cl)c2)C1. The second-order valence-corrected chi connectivity index (χ2v) is 7.12. The zero-order chi connectivity index (χ0) is 14.1. The molecule has 1 aromatic rings. The first-order chi connectivity index (χ1) is 8.84. The van der Waals surface area contributed by atoms with Gasteiger partial charge < -0.3 is 5.32 Å². The van der Waals surface area contributed by atoms with Crippen LogP contribution in [0.15, 0.2) is 24.3 Å². The lowest BCUT2D eigenvalue weighted by Gasteiger charge is -2.44. The molecule has 0 bridgehead atoms. The van der Waals surface area contributed by atoms with Gasteiger partial charge in [0.15, 0.2) is 0 Å². The summed E-state index contributed by atoms with van der Waals surface area (Å²) >= 11 is 6.01. The third-order valence-corrected chi connectivity index (χ3v) is 4.04. The fourth-order valence-corrected chi connectivity index (χ4v) is 3.81. The maximum absolute atomic E-state index is 9.68. The molecule has 2 rings (SSSR count). The maximum Gasteiger partial charge on any atom is 0.126 e. The molecule has 1 aliphatic carbocycles. The smallest absolute Gasteiger partial charge is 0.126 e. The predicted octanol–water partition coefficient (Wildman–Crippen LogP) is 4.86. The number of benzene rings is 1. The topological polar surface area (TPSA) is 35.8 Å². The number of anilines is 1. The van der Waals surface area contributed by atoms with Crippen LogP contribution in [-0.2, 0) is 0 Å². The van der Waals surface area contributed by atoms with Gasteiger partial charge in [-0.3, -0.25) is 0 Å². The molecule has 19 heavy (non-hydrogen) atoms. The first-order valence-electron chi connectivity index (χ1n) is 6.79. The second-order valence-electron chi connectivity index (χ2n) is 6.68. The van der Waals surface area contributed by atoms with Gasteiger partial charge in [0, 0.05) is 10.7 Å². The van der Waals surface area contributed by atoms with Crippen LogP contribution in [0.4, 0.5) is 5.69 Å². The molecule has 2 unspecified atom stereocenters. The van der Waals surface area contributed by atoms with E-state index >= 15 is 0 Å². The van der Waals surface area contributed by atoms with Gasteiger partial charge in [-0.15, -0.1) is 0 Å². The van der Waals surface area contributed by atoms with E-state index in [0.717, 1.165) is 18.5 Å². The van der Waals surface area contributed by atoms with Gasteiger partial charge in [0.2, 0.25) is 0 Å². The lowest BCUT2D eigenvalue weighted by molar-refractivity contribution is 0.149. The molecule has 0 amide bonds. The summed E-state index contributed by atoms with van der Waals surface area (Å²) in [7, 11) is 0. The Morgan fingerprint density at radius 2 is 2.11 bits per heavy atom. The van der Waals surface area contributed by atoms with Crippen molar-refractivity contribution in [3.8, 4) is 6.07 Å². The highest BCUT2D eigenvalue weighted by molar-refractivity contribution is 6.30. The summed E-state index contributed by atoms with van der Waals surface area (Å²) < 4.78 is 0. The van der Waals surface area contributed by atoms with Crippen molar-refractivity contribution in [1.82, 2.24) is 0 Å². The van der Waals surface area contributed by atoms with Gasteiger partial charge in [-0.2, -0.15) is 5.26 Å². The third-order valence-electron chi connectivity index (χ3n) is 3.80. The molecule has 2 atom stereocenters.